The molecule has 8 nitrogen and oxygen atoms in total. The quantitative estimate of drug-likeness (QED) is 0.469. The number of thiophene rings is 1. The summed E-state index contributed by atoms with van der Waals surface area (Å²) in [5.41, 5.74) is 3.38. The molecule has 0 radical (unpaired) electrons. The molecular weight excluding hydrogens is 436 g/mol. The normalized spacial score (nSPS) is 13.9. The van der Waals surface area contributed by atoms with Crippen molar-refractivity contribution in [2.45, 2.75) is 13.8 Å². The van der Waals surface area contributed by atoms with E-state index in [1.807, 2.05) is 59.7 Å². The van der Waals surface area contributed by atoms with Gasteiger partial charge in [-0.1, -0.05) is 28.9 Å². The van der Waals surface area contributed by atoms with Crippen LogP contribution in [0.1, 0.15) is 21.7 Å². The Bertz CT molecular complexity index is 1240. The van der Waals surface area contributed by atoms with Crippen LogP contribution in [-0.2, 0) is 0 Å². The van der Waals surface area contributed by atoms with Crippen LogP contribution in [0.3, 0.4) is 0 Å². The lowest BCUT2D eigenvalue weighted by Gasteiger charge is -2.35. The Morgan fingerprint density at radius 2 is 1.82 bits per heavy atom. The Kier molecular flexibility index (Phi) is 5.78. The van der Waals surface area contributed by atoms with E-state index in [4.69, 9.17) is 9.51 Å². The molecule has 1 aliphatic rings. The molecular formula is C24H24N6O2S. The fraction of sp³-hybridized carbons (Fsp3) is 0.250. The molecule has 9 heteroatoms. The summed E-state index contributed by atoms with van der Waals surface area (Å²) in [5.74, 6) is 1.93. The van der Waals surface area contributed by atoms with Crippen LogP contribution in [0.15, 0.2) is 58.4 Å². The molecule has 0 aliphatic carbocycles. The Labute approximate surface area is 195 Å². The molecule has 5 rings (SSSR count). The van der Waals surface area contributed by atoms with Gasteiger partial charge in [-0.2, -0.15) is 4.98 Å². The first-order valence-corrected chi connectivity index (χ1v) is 11.7. The highest BCUT2D eigenvalue weighted by atomic mass is 32.1. The maximum absolute atomic E-state index is 12.9. The van der Waals surface area contributed by atoms with Crippen LogP contribution in [0, 0.1) is 13.8 Å². The predicted octanol–water partition coefficient (Wildman–Crippen LogP) is 4.52. The minimum Gasteiger partial charge on any atom is -0.355 e. The van der Waals surface area contributed by atoms with Crippen LogP contribution in [0.4, 0.5) is 17.5 Å². The van der Waals surface area contributed by atoms with Crippen molar-refractivity contribution in [3.05, 3.63) is 70.9 Å². The van der Waals surface area contributed by atoms with Gasteiger partial charge in [0.1, 0.15) is 5.82 Å². The molecule has 0 atom stereocenters. The van der Waals surface area contributed by atoms with Gasteiger partial charge >= 0.3 is 0 Å². The lowest BCUT2D eigenvalue weighted by atomic mass is 10.2. The molecule has 1 N–H and O–H groups in total. The summed E-state index contributed by atoms with van der Waals surface area (Å²) in [6, 6.07) is 15.7. The van der Waals surface area contributed by atoms with E-state index in [1.165, 1.54) is 5.56 Å². The molecule has 4 heterocycles. The van der Waals surface area contributed by atoms with Crippen LogP contribution in [0.25, 0.3) is 10.6 Å². The average Bonchev–Trinajstić information content (AvgIpc) is 3.52. The van der Waals surface area contributed by atoms with Gasteiger partial charge in [0.2, 0.25) is 5.95 Å². The summed E-state index contributed by atoms with van der Waals surface area (Å²) >= 11 is 1.56. The minimum absolute atomic E-state index is 0.109. The molecule has 4 aromatic rings. The fourth-order valence-corrected chi connectivity index (χ4v) is 4.42. The van der Waals surface area contributed by atoms with Crippen LogP contribution in [-0.4, -0.2) is 52.1 Å². The van der Waals surface area contributed by atoms with Gasteiger partial charge < -0.3 is 19.6 Å². The lowest BCUT2D eigenvalue weighted by Crippen LogP contribution is -2.49. The molecule has 168 valence electrons. The number of hydrogen-bond donors (Lipinski definition) is 1. The molecule has 1 aliphatic heterocycles. The van der Waals surface area contributed by atoms with Gasteiger partial charge in [0, 0.05) is 49.7 Å². The van der Waals surface area contributed by atoms with Gasteiger partial charge in [-0.05, 0) is 37.4 Å². The van der Waals surface area contributed by atoms with E-state index in [2.05, 4.69) is 27.3 Å². The summed E-state index contributed by atoms with van der Waals surface area (Å²) in [7, 11) is 0. The first-order valence-electron chi connectivity index (χ1n) is 10.8. The Morgan fingerprint density at radius 1 is 1.03 bits per heavy atom. The molecule has 1 saturated heterocycles. The number of aryl methyl sites for hydroxylation is 2. The van der Waals surface area contributed by atoms with Crippen molar-refractivity contribution in [2.75, 3.05) is 36.4 Å². The first kappa shape index (κ1) is 21.1. The molecule has 0 unspecified atom stereocenters. The van der Waals surface area contributed by atoms with Crippen LogP contribution >= 0.6 is 11.3 Å². The summed E-state index contributed by atoms with van der Waals surface area (Å²) in [6.45, 7) is 6.55. The van der Waals surface area contributed by atoms with Crippen molar-refractivity contribution in [1.82, 2.24) is 20.0 Å². The van der Waals surface area contributed by atoms with E-state index < -0.39 is 0 Å². The van der Waals surface area contributed by atoms with Gasteiger partial charge in [-0.3, -0.25) is 4.79 Å². The standard InChI is InChI=1S/C24H24N6O2S/c1-16-5-7-18(8-6-16)26-24-25-17(2)14-22(27-24)29-9-11-30(12-10-29)23(31)19-15-20(32-28-19)21-4-3-13-33-21/h3-8,13-15H,9-12H2,1-2H3,(H,25,26,27). The van der Waals surface area contributed by atoms with E-state index >= 15 is 0 Å². The fourth-order valence-electron chi connectivity index (χ4n) is 3.75. The van der Waals surface area contributed by atoms with Crippen molar-refractivity contribution < 1.29 is 9.32 Å². The molecule has 1 aromatic carbocycles. The zero-order valence-corrected chi connectivity index (χ0v) is 19.3. The number of nitrogens with one attached hydrogen (secondary N) is 1. The molecule has 33 heavy (non-hydrogen) atoms. The second kappa shape index (κ2) is 9.03. The van der Waals surface area contributed by atoms with E-state index in [-0.39, 0.29) is 5.91 Å². The molecule has 1 amide bonds. The van der Waals surface area contributed by atoms with Gasteiger partial charge in [0.25, 0.3) is 5.91 Å². The smallest absolute Gasteiger partial charge is 0.276 e. The van der Waals surface area contributed by atoms with Crippen molar-refractivity contribution in [1.29, 1.82) is 0 Å². The molecule has 1 fully saturated rings. The van der Waals surface area contributed by atoms with E-state index in [0.717, 1.165) is 22.1 Å². The SMILES string of the molecule is Cc1ccc(Nc2nc(C)cc(N3CCN(C(=O)c4cc(-c5cccs5)on4)CC3)n2)cc1. The van der Waals surface area contributed by atoms with Crippen LogP contribution in [0.5, 0.6) is 0 Å². The lowest BCUT2D eigenvalue weighted by molar-refractivity contribution is 0.0736. The topological polar surface area (TPSA) is 87.4 Å². The Morgan fingerprint density at radius 3 is 2.55 bits per heavy atom. The summed E-state index contributed by atoms with van der Waals surface area (Å²) in [5, 5.41) is 9.24. The maximum Gasteiger partial charge on any atom is 0.276 e. The highest BCUT2D eigenvalue weighted by Crippen LogP contribution is 2.26. The molecule has 0 saturated carbocycles. The number of aromatic nitrogens is 3. The Hall–Kier alpha value is -3.72. The average molecular weight is 461 g/mol. The summed E-state index contributed by atoms with van der Waals surface area (Å²) < 4.78 is 5.37. The predicted molar refractivity (Wildman–Crippen MR) is 129 cm³/mol. The molecule has 0 bridgehead atoms. The number of carbonyl (C=O) groups excluding carboxylic acids is 1. The van der Waals surface area contributed by atoms with Crippen molar-refractivity contribution >= 4 is 34.7 Å². The third-order valence-electron chi connectivity index (χ3n) is 5.53. The van der Waals surface area contributed by atoms with Gasteiger partial charge in [-0.25, -0.2) is 4.98 Å². The van der Waals surface area contributed by atoms with Gasteiger partial charge in [0.05, 0.1) is 4.88 Å². The monoisotopic (exact) mass is 460 g/mol. The Balaban J connectivity index is 1.24. The van der Waals surface area contributed by atoms with E-state index in [1.54, 1.807) is 17.4 Å². The maximum atomic E-state index is 12.9. The number of anilines is 3. The summed E-state index contributed by atoms with van der Waals surface area (Å²) in [4.78, 5) is 27.1. The van der Waals surface area contributed by atoms with Crippen molar-refractivity contribution in [3.63, 3.8) is 0 Å². The van der Waals surface area contributed by atoms with E-state index in [9.17, 15) is 4.79 Å². The van der Waals surface area contributed by atoms with Crippen molar-refractivity contribution in [2.24, 2.45) is 0 Å². The number of piperazine rings is 1. The number of nitrogens with zero attached hydrogens (tertiary/aromatic N) is 5. The van der Waals surface area contributed by atoms with E-state index in [0.29, 0.717) is 43.6 Å². The minimum atomic E-state index is -0.109. The largest absolute Gasteiger partial charge is 0.355 e. The van der Waals surface area contributed by atoms with Crippen LogP contribution in [0.2, 0.25) is 0 Å². The molecule has 3 aromatic heterocycles. The second-order valence-electron chi connectivity index (χ2n) is 8.02. The number of amides is 1. The van der Waals surface area contributed by atoms with Crippen LogP contribution < -0.4 is 10.2 Å². The third kappa shape index (κ3) is 4.73. The third-order valence-corrected chi connectivity index (χ3v) is 6.42. The number of benzene rings is 1. The summed E-state index contributed by atoms with van der Waals surface area (Å²) in [6.07, 6.45) is 0. The van der Waals surface area contributed by atoms with Crippen molar-refractivity contribution in [3.8, 4) is 10.6 Å². The second-order valence-corrected chi connectivity index (χ2v) is 8.96. The molecule has 0 spiro atoms. The highest BCUT2D eigenvalue weighted by molar-refractivity contribution is 7.13. The zero-order valence-electron chi connectivity index (χ0n) is 18.5. The number of hydrogen-bond acceptors (Lipinski definition) is 8. The first-order chi connectivity index (χ1) is 16.0. The highest BCUT2D eigenvalue weighted by Gasteiger charge is 2.26. The number of rotatable bonds is 5. The number of carbonyl (C=O) groups is 1. The van der Waals surface area contributed by atoms with Gasteiger partial charge in [0.15, 0.2) is 11.5 Å². The zero-order chi connectivity index (χ0) is 22.8. The van der Waals surface area contributed by atoms with Gasteiger partial charge in [-0.15, -0.1) is 11.3 Å².